The summed E-state index contributed by atoms with van der Waals surface area (Å²) in [5, 5.41) is 8.57. The van der Waals surface area contributed by atoms with Crippen LogP contribution in [0.3, 0.4) is 0 Å². The lowest BCUT2D eigenvalue weighted by Crippen LogP contribution is -2.45. The minimum Gasteiger partial charge on any atom is -0.481 e. The Balaban J connectivity index is 2.24. The fraction of sp³-hybridized carbons (Fsp3) is 0.700. The van der Waals surface area contributed by atoms with E-state index < -0.39 is 5.97 Å². The molecule has 0 spiro atoms. The number of piperazine rings is 1. The Hall–Kier alpha value is -0.870. The molecule has 4 nitrogen and oxygen atoms in total. The van der Waals surface area contributed by atoms with Gasteiger partial charge < -0.3 is 10.0 Å². The number of carboxylic acids is 1. The van der Waals surface area contributed by atoms with Crippen LogP contribution in [0, 0.1) is 0 Å². The van der Waals surface area contributed by atoms with Crippen LogP contribution in [0.25, 0.3) is 0 Å². The highest BCUT2D eigenvalue weighted by Crippen LogP contribution is 2.05. The van der Waals surface area contributed by atoms with E-state index in [1.165, 1.54) is 0 Å². The third-order valence-electron chi connectivity index (χ3n) is 2.44. The summed E-state index contributed by atoms with van der Waals surface area (Å²) in [5.41, 5.74) is 0.794. The SMILES string of the molecule is C=C(CC(=O)O)CN1CCN(C)CC1. The molecule has 0 radical (unpaired) electrons. The molecule has 1 rings (SSSR count). The molecule has 0 aromatic rings. The summed E-state index contributed by atoms with van der Waals surface area (Å²) in [6.07, 6.45) is 0.0896. The first kappa shape index (κ1) is 11.2. The number of aliphatic carboxylic acids is 1. The predicted molar refractivity (Wildman–Crippen MR) is 55.3 cm³/mol. The van der Waals surface area contributed by atoms with Crippen molar-refractivity contribution in [3.8, 4) is 0 Å². The lowest BCUT2D eigenvalue weighted by Gasteiger charge is -2.32. The number of rotatable bonds is 4. The average molecular weight is 198 g/mol. The van der Waals surface area contributed by atoms with Crippen molar-refractivity contribution in [2.24, 2.45) is 0 Å². The molecular weight excluding hydrogens is 180 g/mol. The molecule has 0 aromatic heterocycles. The third kappa shape index (κ3) is 3.89. The maximum absolute atomic E-state index is 10.4. The summed E-state index contributed by atoms with van der Waals surface area (Å²) in [6.45, 7) is 8.62. The van der Waals surface area contributed by atoms with Crippen molar-refractivity contribution in [2.45, 2.75) is 6.42 Å². The molecule has 0 unspecified atom stereocenters. The third-order valence-corrected chi connectivity index (χ3v) is 2.44. The largest absolute Gasteiger partial charge is 0.481 e. The van der Waals surface area contributed by atoms with Crippen LogP contribution in [0.5, 0.6) is 0 Å². The van der Waals surface area contributed by atoms with E-state index in [1.54, 1.807) is 0 Å². The summed E-state index contributed by atoms with van der Waals surface area (Å²) >= 11 is 0. The fourth-order valence-corrected chi connectivity index (χ4v) is 1.59. The Bertz CT molecular complexity index is 220. The summed E-state index contributed by atoms with van der Waals surface area (Å²) in [4.78, 5) is 14.9. The van der Waals surface area contributed by atoms with Gasteiger partial charge in [-0.3, -0.25) is 9.69 Å². The summed E-state index contributed by atoms with van der Waals surface area (Å²) < 4.78 is 0. The van der Waals surface area contributed by atoms with Gasteiger partial charge in [0.25, 0.3) is 0 Å². The van der Waals surface area contributed by atoms with Gasteiger partial charge in [-0.25, -0.2) is 0 Å². The zero-order valence-corrected chi connectivity index (χ0v) is 8.70. The van der Waals surface area contributed by atoms with Crippen LogP contribution < -0.4 is 0 Å². The summed E-state index contributed by atoms with van der Waals surface area (Å²) in [5.74, 6) is -0.788. The maximum Gasteiger partial charge on any atom is 0.307 e. The molecular formula is C10H18N2O2. The van der Waals surface area contributed by atoms with Gasteiger partial charge in [0.1, 0.15) is 0 Å². The number of likely N-dealkylation sites (N-methyl/N-ethyl adjacent to an activating group) is 1. The molecule has 1 fully saturated rings. The molecule has 80 valence electrons. The van der Waals surface area contributed by atoms with Gasteiger partial charge in [0.05, 0.1) is 6.42 Å². The van der Waals surface area contributed by atoms with Gasteiger partial charge >= 0.3 is 5.97 Å². The first-order valence-electron chi connectivity index (χ1n) is 4.87. The Morgan fingerprint density at radius 3 is 2.43 bits per heavy atom. The standard InChI is InChI=1S/C10H18N2O2/c1-9(7-10(13)14)8-12-5-3-11(2)4-6-12/h1,3-8H2,2H3,(H,13,14). The van der Waals surface area contributed by atoms with E-state index in [1.807, 2.05) is 0 Å². The molecule has 1 N–H and O–H groups in total. The maximum atomic E-state index is 10.4. The molecule has 0 bridgehead atoms. The van der Waals surface area contributed by atoms with Crippen molar-refractivity contribution in [3.63, 3.8) is 0 Å². The zero-order chi connectivity index (χ0) is 10.6. The van der Waals surface area contributed by atoms with E-state index in [4.69, 9.17) is 5.11 Å². The average Bonchev–Trinajstić information content (AvgIpc) is 2.07. The quantitative estimate of drug-likeness (QED) is 0.658. The second kappa shape index (κ2) is 5.12. The minimum absolute atomic E-state index is 0.0896. The van der Waals surface area contributed by atoms with Gasteiger partial charge in [0.2, 0.25) is 0 Å². The van der Waals surface area contributed by atoms with E-state index in [9.17, 15) is 4.79 Å². The van der Waals surface area contributed by atoms with Gasteiger partial charge in [0, 0.05) is 32.7 Å². The van der Waals surface area contributed by atoms with Gasteiger partial charge in [0.15, 0.2) is 0 Å². The first-order chi connectivity index (χ1) is 6.58. The summed E-state index contributed by atoms with van der Waals surface area (Å²) in [7, 11) is 2.10. The van der Waals surface area contributed by atoms with Crippen molar-refractivity contribution in [2.75, 3.05) is 39.8 Å². The van der Waals surface area contributed by atoms with Crippen LogP contribution in [-0.2, 0) is 4.79 Å². The molecule has 0 atom stereocenters. The van der Waals surface area contributed by atoms with E-state index >= 15 is 0 Å². The number of nitrogens with zero attached hydrogens (tertiary/aromatic N) is 2. The van der Waals surface area contributed by atoms with Crippen LogP contribution in [0.4, 0.5) is 0 Å². The Morgan fingerprint density at radius 1 is 1.36 bits per heavy atom. The van der Waals surface area contributed by atoms with Crippen LogP contribution in [0.1, 0.15) is 6.42 Å². The van der Waals surface area contributed by atoms with E-state index in [-0.39, 0.29) is 6.42 Å². The second-order valence-electron chi connectivity index (χ2n) is 3.90. The molecule has 1 heterocycles. The van der Waals surface area contributed by atoms with Gasteiger partial charge in [-0.15, -0.1) is 0 Å². The van der Waals surface area contributed by atoms with Gasteiger partial charge in [-0.1, -0.05) is 12.2 Å². The minimum atomic E-state index is -0.788. The normalized spacial score (nSPS) is 19.5. The number of carbonyl (C=O) groups is 1. The molecule has 14 heavy (non-hydrogen) atoms. The zero-order valence-electron chi connectivity index (χ0n) is 8.70. The lowest BCUT2D eigenvalue weighted by atomic mass is 10.2. The molecule has 1 aliphatic heterocycles. The van der Waals surface area contributed by atoms with E-state index in [0.29, 0.717) is 0 Å². The molecule has 1 saturated heterocycles. The predicted octanol–water partition coefficient (Wildman–Crippen LogP) is 0.265. The van der Waals surface area contributed by atoms with Crippen molar-refractivity contribution in [1.29, 1.82) is 0 Å². The van der Waals surface area contributed by atoms with Crippen molar-refractivity contribution < 1.29 is 9.90 Å². The van der Waals surface area contributed by atoms with Crippen LogP contribution in [0.2, 0.25) is 0 Å². The number of carboxylic acid groups (broad SMARTS) is 1. The first-order valence-corrected chi connectivity index (χ1v) is 4.87. The smallest absolute Gasteiger partial charge is 0.307 e. The van der Waals surface area contributed by atoms with Crippen LogP contribution >= 0.6 is 0 Å². The lowest BCUT2D eigenvalue weighted by molar-refractivity contribution is -0.136. The Labute approximate surface area is 84.8 Å². The molecule has 1 aliphatic rings. The molecule has 0 amide bonds. The van der Waals surface area contributed by atoms with Gasteiger partial charge in [-0.2, -0.15) is 0 Å². The van der Waals surface area contributed by atoms with Crippen LogP contribution in [0.15, 0.2) is 12.2 Å². The van der Waals surface area contributed by atoms with Crippen molar-refractivity contribution in [1.82, 2.24) is 9.80 Å². The number of hydrogen-bond acceptors (Lipinski definition) is 3. The second-order valence-corrected chi connectivity index (χ2v) is 3.90. The molecule has 0 aliphatic carbocycles. The Morgan fingerprint density at radius 2 is 1.93 bits per heavy atom. The summed E-state index contributed by atoms with van der Waals surface area (Å²) in [6, 6.07) is 0. The molecule has 0 saturated carbocycles. The fourth-order valence-electron chi connectivity index (χ4n) is 1.59. The molecule has 0 aromatic carbocycles. The highest BCUT2D eigenvalue weighted by atomic mass is 16.4. The number of hydrogen-bond donors (Lipinski definition) is 1. The topological polar surface area (TPSA) is 43.8 Å². The van der Waals surface area contributed by atoms with Crippen molar-refractivity contribution >= 4 is 5.97 Å². The van der Waals surface area contributed by atoms with E-state index in [2.05, 4.69) is 23.4 Å². The van der Waals surface area contributed by atoms with E-state index in [0.717, 1.165) is 38.3 Å². The Kier molecular flexibility index (Phi) is 4.10. The van der Waals surface area contributed by atoms with Gasteiger partial charge in [-0.05, 0) is 7.05 Å². The van der Waals surface area contributed by atoms with Crippen LogP contribution in [-0.4, -0.2) is 60.6 Å². The highest BCUT2D eigenvalue weighted by molar-refractivity contribution is 5.69. The molecule has 4 heteroatoms. The monoisotopic (exact) mass is 198 g/mol. The van der Waals surface area contributed by atoms with Crippen molar-refractivity contribution in [3.05, 3.63) is 12.2 Å². The highest BCUT2D eigenvalue weighted by Gasteiger charge is 2.14.